The Kier molecular flexibility index (Phi) is 8.20. The highest BCUT2D eigenvalue weighted by Gasteiger charge is 2.12. The molecule has 0 saturated carbocycles. The number of aliphatic carboxylic acids is 1. The van der Waals surface area contributed by atoms with Crippen LogP contribution in [0.4, 0.5) is 4.39 Å². The molecule has 0 amide bonds. The molecule has 0 aliphatic carbocycles. The monoisotopic (exact) mass is 438 g/mol. The summed E-state index contributed by atoms with van der Waals surface area (Å²) in [6.45, 7) is 0.571. The summed E-state index contributed by atoms with van der Waals surface area (Å²) in [6.07, 6.45) is 0.0316. The van der Waals surface area contributed by atoms with Crippen LogP contribution in [0.5, 0.6) is 11.5 Å². The average molecular weight is 438 g/mol. The Labute approximate surface area is 185 Å². The fraction of sp³-hybridized carbons (Fsp3) is 0.200. The van der Waals surface area contributed by atoms with E-state index >= 15 is 0 Å². The van der Waals surface area contributed by atoms with Crippen LogP contribution in [-0.4, -0.2) is 30.5 Å². The molecule has 0 radical (unpaired) electrons. The standard InChI is InChI=1S/C25H24FNO5/c1-30-27-24(20-5-3-2-4-6-20)17-32-21-11-7-18(8-12-21)16-31-22-13-9-19(23(26)15-22)10-14-25(28)29/h2-9,11-13,15H,10,14,16-17H2,1H3,(H,28,29)/p+1/b27-24+. The number of benzene rings is 3. The highest BCUT2D eigenvalue weighted by Crippen LogP contribution is 2.20. The summed E-state index contributed by atoms with van der Waals surface area (Å²) in [5, 5.41) is 11.6. The minimum absolute atomic E-state index is 0.113. The Morgan fingerprint density at radius 2 is 1.69 bits per heavy atom. The van der Waals surface area contributed by atoms with Crippen molar-refractivity contribution in [1.29, 1.82) is 0 Å². The Bertz CT molecular complexity index is 1050. The van der Waals surface area contributed by atoms with Crippen LogP contribution in [-0.2, 0) is 22.7 Å². The van der Waals surface area contributed by atoms with Gasteiger partial charge >= 0.3 is 5.97 Å². The second-order valence-corrected chi connectivity index (χ2v) is 7.02. The first-order valence-electron chi connectivity index (χ1n) is 10.1. The number of rotatable bonds is 11. The summed E-state index contributed by atoms with van der Waals surface area (Å²) in [4.78, 5) is 15.7. The van der Waals surface area contributed by atoms with Crippen LogP contribution in [0.15, 0.2) is 72.8 Å². The van der Waals surface area contributed by atoms with Crippen LogP contribution in [0.25, 0.3) is 0 Å². The zero-order valence-corrected chi connectivity index (χ0v) is 17.7. The van der Waals surface area contributed by atoms with Gasteiger partial charge in [-0.3, -0.25) is 9.63 Å². The summed E-state index contributed by atoms with van der Waals surface area (Å²) in [5.41, 5.74) is 3.03. The lowest BCUT2D eigenvalue weighted by atomic mass is 10.1. The third-order valence-electron chi connectivity index (χ3n) is 4.69. The first kappa shape index (κ1) is 22.8. The Hall–Kier alpha value is -3.87. The van der Waals surface area contributed by atoms with E-state index in [1.54, 1.807) is 19.2 Å². The van der Waals surface area contributed by atoms with E-state index < -0.39 is 11.8 Å². The van der Waals surface area contributed by atoms with Crippen LogP contribution in [0, 0.1) is 5.82 Å². The van der Waals surface area contributed by atoms with Crippen molar-refractivity contribution in [3.05, 3.63) is 95.3 Å². The molecule has 7 heteroatoms. The second kappa shape index (κ2) is 11.5. The lowest BCUT2D eigenvalue weighted by molar-refractivity contribution is -0.744. The maximum atomic E-state index is 14.1. The van der Waals surface area contributed by atoms with Gasteiger partial charge in [-0.25, -0.2) is 4.39 Å². The summed E-state index contributed by atoms with van der Waals surface area (Å²) in [5.74, 6) is -0.354. The van der Waals surface area contributed by atoms with Gasteiger partial charge in [-0.05, 0) is 53.0 Å². The van der Waals surface area contributed by atoms with E-state index in [-0.39, 0.29) is 19.4 Å². The molecule has 3 rings (SSSR count). The van der Waals surface area contributed by atoms with Crippen molar-refractivity contribution in [3.63, 3.8) is 0 Å². The van der Waals surface area contributed by atoms with Gasteiger partial charge in [0.05, 0.1) is 0 Å². The quantitative estimate of drug-likeness (QED) is 0.356. The predicted molar refractivity (Wildman–Crippen MR) is 117 cm³/mol. The maximum Gasteiger partial charge on any atom is 0.303 e. The number of nitrogens with one attached hydrogen (secondary N) is 1. The van der Waals surface area contributed by atoms with E-state index in [0.29, 0.717) is 23.7 Å². The number of ether oxygens (including phenoxy) is 2. The van der Waals surface area contributed by atoms with Crippen molar-refractivity contribution in [3.8, 4) is 11.5 Å². The number of hydrogen-bond donors (Lipinski definition) is 2. The van der Waals surface area contributed by atoms with Crippen molar-refractivity contribution < 1.29 is 33.8 Å². The summed E-state index contributed by atoms with van der Waals surface area (Å²) in [6, 6.07) is 21.6. The van der Waals surface area contributed by atoms with Gasteiger partial charge in [0, 0.05) is 18.1 Å². The normalized spacial score (nSPS) is 11.1. The largest absolute Gasteiger partial charge is 0.489 e. The lowest BCUT2D eigenvalue weighted by Crippen LogP contribution is -2.72. The van der Waals surface area contributed by atoms with Crippen LogP contribution in [0.1, 0.15) is 23.1 Å². The number of hydrogen-bond acceptors (Lipinski definition) is 4. The molecule has 0 atom stereocenters. The molecular weight excluding hydrogens is 413 g/mol. The Balaban J connectivity index is 1.53. The minimum Gasteiger partial charge on any atom is -0.489 e. The van der Waals surface area contributed by atoms with Gasteiger partial charge in [0.1, 0.15) is 31.0 Å². The van der Waals surface area contributed by atoms with Crippen molar-refractivity contribution in [2.75, 3.05) is 13.7 Å². The molecule has 0 heterocycles. The highest BCUT2D eigenvalue weighted by molar-refractivity contribution is 5.97. The molecule has 2 N–H and O–H groups in total. The van der Waals surface area contributed by atoms with Crippen LogP contribution in [0.3, 0.4) is 0 Å². The topological polar surface area (TPSA) is 79.0 Å². The molecule has 0 spiro atoms. The predicted octanol–water partition coefficient (Wildman–Crippen LogP) is 2.93. The van der Waals surface area contributed by atoms with Gasteiger partial charge < -0.3 is 14.6 Å². The molecule has 0 bridgehead atoms. The van der Waals surface area contributed by atoms with E-state index in [9.17, 15) is 9.18 Å². The number of carboxylic acid groups (broad SMARTS) is 1. The summed E-state index contributed by atoms with van der Waals surface area (Å²) < 4.78 is 25.6. The van der Waals surface area contributed by atoms with Gasteiger partial charge in [-0.1, -0.05) is 36.4 Å². The van der Waals surface area contributed by atoms with E-state index in [1.807, 2.05) is 54.6 Å². The van der Waals surface area contributed by atoms with Gasteiger partial charge in [0.15, 0.2) is 6.61 Å². The lowest BCUT2D eigenvalue weighted by Gasteiger charge is -2.09. The van der Waals surface area contributed by atoms with Crippen molar-refractivity contribution >= 4 is 11.7 Å². The summed E-state index contributed by atoms with van der Waals surface area (Å²) >= 11 is 0. The third-order valence-corrected chi connectivity index (χ3v) is 4.69. The zero-order chi connectivity index (χ0) is 22.8. The number of aryl methyl sites for hydroxylation is 1. The first-order chi connectivity index (χ1) is 15.5. The smallest absolute Gasteiger partial charge is 0.303 e. The van der Waals surface area contributed by atoms with Crippen LogP contribution < -0.4 is 14.6 Å². The van der Waals surface area contributed by atoms with E-state index in [1.165, 1.54) is 6.07 Å². The average Bonchev–Trinajstić information content (AvgIpc) is 2.81. The molecule has 32 heavy (non-hydrogen) atoms. The fourth-order valence-corrected chi connectivity index (χ4v) is 3.00. The summed E-state index contributed by atoms with van der Waals surface area (Å²) in [7, 11) is 1.55. The fourth-order valence-electron chi connectivity index (χ4n) is 3.00. The zero-order valence-electron chi connectivity index (χ0n) is 17.7. The Morgan fingerprint density at radius 3 is 2.34 bits per heavy atom. The van der Waals surface area contributed by atoms with Crippen molar-refractivity contribution in [1.82, 2.24) is 0 Å². The third kappa shape index (κ3) is 6.84. The SMILES string of the molecule is CO/[NH+]=C(\COc1ccc(COc2ccc(CCC(=O)O)c(F)c2)cc1)c1ccccc1. The maximum absolute atomic E-state index is 14.1. The molecule has 0 aliphatic rings. The second-order valence-electron chi connectivity index (χ2n) is 7.02. The van der Waals surface area contributed by atoms with E-state index in [4.69, 9.17) is 19.4 Å². The molecular formula is C25H25FNO5+. The van der Waals surface area contributed by atoms with Gasteiger partial charge in [-0.2, -0.15) is 0 Å². The minimum atomic E-state index is -0.957. The van der Waals surface area contributed by atoms with E-state index in [2.05, 4.69) is 5.16 Å². The molecule has 6 nitrogen and oxygen atoms in total. The van der Waals surface area contributed by atoms with Crippen LogP contribution >= 0.6 is 0 Å². The number of carboxylic acids is 1. The Morgan fingerprint density at radius 1 is 0.969 bits per heavy atom. The molecule has 166 valence electrons. The van der Waals surface area contributed by atoms with Crippen molar-refractivity contribution in [2.45, 2.75) is 19.4 Å². The molecule has 0 saturated heterocycles. The highest BCUT2D eigenvalue weighted by atomic mass is 19.1. The van der Waals surface area contributed by atoms with Gasteiger partial charge in [0.25, 0.3) is 5.71 Å². The molecule has 0 aromatic heterocycles. The molecule has 0 fully saturated rings. The van der Waals surface area contributed by atoms with E-state index in [0.717, 1.165) is 16.8 Å². The number of halogens is 1. The van der Waals surface area contributed by atoms with Gasteiger partial charge in [0.2, 0.25) is 0 Å². The van der Waals surface area contributed by atoms with Crippen molar-refractivity contribution in [2.24, 2.45) is 0 Å². The van der Waals surface area contributed by atoms with Crippen LogP contribution in [0.2, 0.25) is 0 Å². The first-order valence-corrected chi connectivity index (χ1v) is 10.1. The molecule has 0 aliphatic heterocycles. The molecule has 0 unspecified atom stereocenters. The molecule has 3 aromatic carbocycles. The molecule has 3 aromatic rings. The van der Waals surface area contributed by atoms with Gasteiger partial charge in [-0.15, -0.1) is 0 Å². The number of carbonyl (C=O) groups is 1.